The van der Waals surface area contributed by atoms with E-state index in [0.29, 0.717) is 53.3 Å². The highest BCUT2D eigenvalue weighted by molar-refractivity contribution is 5.91. The number of carbonyl (C=O) groups is 1. The summed E-state index contributed by atoms with van der Waals surface area (Å²) in [5.41, 5.74) is 8.25. The SMILES string of the molecule is C=CCOc1ccc(C(=O)Oc2ccc3c(c2)OC(N)=C(C#N)C3c2ccc(OCC(C)C)c(OC)c2)cc1. The number of nitriles is 1. The zero-order valence-electron chi connectivity index (χ0n) is 22.1. The first-order valence-corrected chi connectivity index (χ1v) is 12.4. The number of nitrogens with zero attached hydrogens (tertiary/aromatic N) is 1. The van der Waals surface area contributed by atoms with E-state index in [1.807, 2.05) is 18.2 Å². The summed E-state index contributed by atoms with van der Waals surface area (Å²) in [5.74, 6) is 1.70. The van der Waals surface area contributed by atoms with Crippen LogP contribution in [0.25, 0.3) is 0 Å². The second-order valence-electron chi connectivity index (χ2n) is 9.25. The molecule has 3 aromatic rings. The first kappa shape index (κ1) is 27.1. The van der Waals surface area contributed by atoms with Crippen molar-refractivity contribution in [2.75, 3.05) is 20.3 Å². The normalized spacial score (nSPS) is 14.1. The Labute approximate surface area is 227 Å². The molecule has 0 bridgehead atoms. The molecule has 1 aliphatic rings. The van der Waals surface area contributed by atoms with Crippen LogP contribution in [-0.4, -0.2) is 26.3 Å². The van der Waals surface area contributed by atoms with E-state index in [9.17, 15) is 10.1 Å². The first-order chi connectivity index (χ1) is 18.8. The fraction of sp³-hybridized carbons (Fsp3) is 0.226. The summed E-state index contributed by atoms with van der Waals surface area (Å²) in [5, 5.41) is 9.91. The molecule has 200 valence electrons. The molecule has 3 aromatic carbocycles. The largest absolute Gasteiger partial charge is 0.493 e. The summed E-state index contributed by atoms with van der Waals surface area (Å²) in [4.78, 5) is 12.7. The minimum atomic E-state index is -0.541. The quantitative estimate of drug-likeness (QED) is 0.202. The van der Waals surface area contributed by atoms with Crippen molar-refractivity contribution in [3.05, 3.63) is 101 Å². The van der Waals surface area contributed by atoms with Crippen LogP contribution in [0.4, 0.5) is 0 Å². The molecule has 2 N–H and O–H groups in total. The van der Waals surface area contributed by atoms with Crippen LogP contribution < -0.4 is 29.4 Å². The van der Waals surface area contributed by atoms with E-state index in [1.165, 1.54) is 0 Å². The predicted molar refractivity (Wildman–Crippen MR) is 146 cm³/mol. The Hall–Kier alpha value is -4.90. The van der Waals surface area contributed by atoms with E-state index >= 15 is 0 Å². The fourth-order valence-electron chi connectivity index (χ4n) is 4.09. The summed E-state index contributed by atoms with van der Waals surface area (Å²) in [6, 6.07) is 19.3. The van der Waals surface area contributed by atoms with Gasteiger partial charge in [-0.25, -0.2) is 4.79 Å². The minimum Gasteiger partial charge on any atom is -0.493 e. The molecular weight excluding hydrogens is 496 g/mol. The van der Waals surface area contributed by atoms with Crippen molar-refractivity contribution in [1.29, 1.82) is 5.26 Å². The molecule has 1 atom stereocenters. The Kier molecular flexibility index (Phi) is 8.42. The second kappa shape index (κ2) is 12.1. The van der Waals surface area contributed by atoms with Crippen LogP contribution in [0.15, 0.2) is 84.8 Å². The Bertz CT molecular complexity index is 1440. The number of allylic oxidation sites excluding steroid dienone is 1. The molecule has 0 radical (unpaired) electrons. The van der Waals surface area contributed by atoms with Crippen LogP contribution in [0.3, 0.4) is 0 Å². The number of fused-ring (bicyclic) bond motifs is 1. The van der Waals surface area contributed by atoms with Crippen molar-refractivity contribution in [3.63, 3.8) is 0 Å². The lowest BCUT2D eigenvalue weighted by molar-refractivity contribution is 0.0734. The van der Waals surface area contributed by atoms with Gasteiger partial charge in [-0.15, -0.1) is 0 Å². The molecule has 1 heterocycles. The molecular formula is C31H30N2O6. The third-order valence-electron chi connectivity index (χ3n) is 5.95. The topological polar surface area (TPSA) is 113 Å². The van der Waals surface area contributed by atoms with Crippen molar-refractivity contribution in [2.24, 2.45) is 11.7 Å². The average molecular weight is 527 g/mol. The summed E-state index contributed by atoms with van der Waals surface area (Å²) >= 11 is 0. The summed E-state index contributed by atoms with van der Waals surface area (Å²) in [6.07, 6.45) is 1.64. The van der Waals surface area contributed by atoms with Gasteiger partial charge >= 0.3 is 5.97 Å². The van der Waals surface area contributed by atoms with Crippen LogP contribution in [0, 0.1) is 17.2 Å². The summed E-state index contributed by atoms with van der Waals surface area (Å²) in [7, 11) is 1.57. The predicted octanol–water partition coefficient (Wildman–Crippen LogP) is 5.73. The van der Waals surface area contributed by atoms with Crippen LogP contribution in [0.2, 0.25) is 0 Å². The van der Waals surface area contributed by atoms with Gasteiger partial charge in [0.1, 0.15) is 35.5 Å². The Morgan fingerprint density at radius 2 is 1.82 bits per heavy atom. The van der Waals surface area contributed by atoms with E-state index in [0.717, 1.165) is 5.56 Å². The molecule has 4 rings (SSSR count). The number of methoxy groups -OCH3 is 1. The molecule has 8 nitrogen and oxygen atoms in total. The van der Waals surface area contributed by atoms with Crippen molar-refractivity contribution in [2.45, 2.75) is 19.8 Å². The fourth-order valence-corrected chi connectivity index (χ4v) is 4.09. The van der Waals surface area contributed by atoms with E-state index in [2.05, 4.69) is 26.5 Å². The molecule has 1 aliphatic heterocycles. The number of rotatable bonds is 10. The lowest BCUT2D eigenvalue weighted by Gasteiger charge is -2.27. The van der Waals surface area contributed by atoms with Crippen molar-refractivity contribution in [3.8, 4) is 34.8 Å². The van der Waals surface area contributed by atoms with Crippen LogP contribution in [0.1, 0.15) is 41.3 Å². The third kappa shape index (κ3) is 6.16. The monoisotopic (exact) mass is 526 g/mol. The van der Waals surface area contributed by atoms with Gasteiger partial charge in [0.15, 0.2) is 11.5 Å². The number of esters is 1. The molecule has 0 aliphatic carbocycles. The Morgan fingerprint density at radius 3 is 2.49 bits per heavy atom. The van der Waals surface area contributed by atoms with E-state index < -0.39 is 11.9 Å². The highest BCUT2D eigenvalue weighted by Gasteiger charge is 2.32. The highest BCUT2D eigenvalue weighted by atomic mass is 16.5. The Morgan fingerprint density at radius 1 is 1.08 bits per heavy atom. The number of hydrogen-bond donors (Lipinski definition) is 1. The number of hydrogen-bond acceptors (Lipinski definition) is 8. The van der Waals surface area contributed by atoms with E-state index in [1.54, 1.807) is 55.7 Å². The Balaban J connectivity index is 1.61. The maximum Gasteiger partial charge on any atom is 0.343 e. The highest BCUT2D eigenvalue weighted by Crippen LogP contribution is 2.45. The number of carbonyl (C=O) groups excluding carboxylic acids is 1. The van der Waals surface area contributed by atoms with Crippen molar-refractivity contribution < 1.29 is 28.5 Å². The third-order valence-corrected chi connectivity index (χ3v) is 5.95. The molecule has 8 heteroatoms. The van der Waals surface area contributed by atoms with Gasteiger partial charge in [-0.05, 0) is 53.9 Å². The van der Waals surface area contributed by atoms with Crippen molar-refractivity contribution in [1.82, 2.24) is 0 Å². The number of benzene rings is 3. The van der Waals surface area contributed by atoms with Gasteiger partial charge in [0.25, 0.3) is 0 Å². The number of ether oxygens (including phenoxy) is 5. The molecule has 0 saturated carbocycles. The molecule has 0 fully saturated rings. The van der Waals surface area contributed by atoms with Crippen LogP contribution in [0.5, 0.6) is 28.7 Å². The lowest BCUT2D eigenvalue weighted by Crippen LogP contribution is -2.21. The molecule has 39 heavy (non-hydrogen) atoms. The van der Waals surface area contributed by atoms with E-state index in [4.69, 9.17) is 29.4 Å². The van der Waals surface area contributed by atoms with E-state index in [-0.39, 0.29) is 17.2 Å². The first-order valence-electron chi connectivity index (χ1n) is 12.4. The molecule has 0 saturated heterocycles. The summed E-state index contributed by atoms with van der Waals surface area (Å²) < 4.78 is 28.3. The smallest absolute Gasteiger partial charge is 0.343 e. The molecule has 0 amide bonds. The second-order valence-corrected chi connectivity index (χ2v) is 9.25. The van der Waals surface area contributed by atoms with Gasteiger partial charge in [-0.1, -0.05) is 38.6 Å². The lowest BCUT2D eigenvalue weighted by atomic mass is 9.83. The van der Waals surface area contributed by atoms with Crippen LogP contribution in [-0.2, 0) is 0 Å². The van der Waals surface area contributed by atoms with Gasteiger partial charge in [-0.2, -0.15) is 5.26 Å². The average Bonchev–Trinajstić information content (AvgIpc) is 2.94. The maximum absolute atomic E-state index is 12.7. The zero-order chi connectivity index (χ0) is 27.9. The van der Waals surface area contributed by atoms with Gasteiger partial charge in [0.05, 0.1) is 25.2 Å². The van der Waals surface area contributed by atoms with Crippen LogP contribution >= 0.6 is 0 Å². The number of nitrogens with two attached hydrogens (primary N) is 1. The van der Waals surface area contributed by atoms with Gasteiger partial charge < -0.3 is 29.4 Å². The van der Waals surface area contributed by atoms with Gasteiger partial charge in [0, 0.05) is 11.6 Å². The minimum absolute atomic E-state index is 0.0207. The van der Waals surface area contributed by atoms with Crippen molar-refractivity contribution >= 4 is 5.97 Å². The van der Waals surface area contributed by atoms with Gasteiger partial charge in [-0.3, -0.25) is 0 Å². The standard InChI is InChI=1S/C31H30N2O6/c1-5-14-36-22-9-6-20(7-10-22)31(34)38-23-11-12-24-27(16-23)39-30(33)25(17-32)29(24)21-8-13-26(28(15-21)35-4)37-18-19(2)3/h5-13,15-16,19,29H,1,14,18,33H2,2-4H3. The summed E-state index contributed by atoms with van der Waals surface area (Å²) in [6.45, 7) is 8.65. The zero-order valence-corrected chi connectivity index (χ0v) is 22.1. The molecule has 0 aromatic heterocycles. The molecule has 0 spiro atoms. The maximum atomic E-state index is 12.7. The van der Waals surface area contributed by atoms with Gasteiger partial charge in [0.2, 0.25) is 5.88 Å². The molecule has 1 unspecified atom stereocenters.